The van der Waals surface area contributed by atoms with Gasteiger partial charge in [-0.2, -0.15) is 0 Å². The van der Waals surface area contributed by atoms with Gasteiger partial charge in [0.05, 0.1) is 7.11 Å². The predicted octanol–water partition coefficient (Wildman–Crippen LogP) is -0.509. The molecule has 0 radical (unpaired) electrons. The molecule has 0 bridgehead atoms. The van der Waals surface area contributed by atoms with Crippen molar-refractivity contribution in [2.75, 3.05) is 7.11 Å². The lowest BCUT2D eigenvalue weighted by Gasteiger charge is -1.70. The molecule has 0 aromatic rings. The van der Waals surface area contributed by atoms with Crippen molar-refractivity contribution in [1.82, 2.24) is 0 Å². The van der Waals surface area contributed by atoms with E-state index >= 15 is 0 Å². The lowest BCUT2D eigenvalue weighted by Crippen LogP contribution is -1.70. The van der Waals surface area contributed by atoms with Crippen molar-refractivity contribution in [3.05, 3.63) is 0 Å². The lowest BCUT2D eigenvalue weighted by atomic mass is 11.8. The Balaban J connectivity index is 3.23. The van der Waals surface area contributed by atoms with E-state index in [0.29, 0.717) is 0 Å². The van der Waals surface area contributed by atoms with Gasteiger partial charge in [0.15, 0.2) is 0 Å². The van der Waals surface area contributed by atoms with Crippen molar-refractivity contribution < 1.29 is 8.39 Å². The maximum Gasteiger partial charge on any atom is 0.132 e. The highest BCUT2D eigenvalue weighted by atomic mass is 32.8. The van der Waals surface area contributed by atoms with E-state index in [1.165, 1.54) is 7.11 Å². The van der Waals surface area contributed by atoms with Gasteiger partial charge in [0.25, 0.3) is 0 Å². The fourth-order valence-electron chi connectivity index (χ4n) is 0. The molecule has 0 aliphatic heterocycles. The van der Waals surface area contributed by atoms with Crippen LogP contribution in [0.4, 0.5) is 0 Å². The monoisotopic (exact) mass is 112 g/mol. The summed E-state index contributed by atoms with van der Waals surface area (Å²) in [4.78, 5) is 0. The minimum Gasteiger partial charge on any atom is -0.295 e. The van der Waals surface area contributed by atoms with Crippen LogP contribution in [-0.2, 0) is 25.0 Å². The minimum absolute atomic E-state index is 1.31. The van der Waals surface area contributed by atoms with Crippen molar-refractivity contribution in [3.8, 4) is 0 Å². The van der Waals surface area contributed by atoms with Crippen molar-refractivity contribution in [3.63, 3.8) is 0 Å². The van der Waals surface area contributed by atoms with E-state index in [-0.39, 0.29) is 0 Å². The summed E-state index contributed by atoms with van der Waals surface area (Å²) in [7, 11) is -0.454. The molecule has 1 atom stereocenters. The first-order valence-corrected chi connectivity index (χ1v) is 3.15. The van der Waals surface area contributed by atoms with Crippen LogP contribution < -0.4 is 0 Å². The third-order valence-corrected chi connectivity index (χ3v) is 0.894. The van der Waals surface area contributed by atoms with Gasteiger partial charge in [-0.1, -0.05) is 0 Å². The molecule has 0 fully saturated rings. The molecule has 4 heteroatoms. The summed E-state index contributed by atoms with van der Waals surface area (Å²) in [5.41, 5.74) is 0. The Kier molecular flexibility index (Phi) is 2.73. The third kappa shape index (κ3) is 4.33. The van der Waals surface area contributed by atoms with Gasteiger partial charge in [-0.05, 0) is 0 Å². The summed E-state index contributed by atoms with van der Waals surface area (Å²) >= 11 is 4.07. The molecular weight excluding hydrogens is 108 g/mol. The van der Waals surface area contributed by atoms with E-state index in [9.17, 15) is 4.21 Å². The summed E-state index contributed by atoms with van der Waals surface area (Å²) < 4.78 is 13.6. The molecule has 0 rings (SSSR count). The number of rotatable bonds is 1. The molecule has 0 spiro atoms. The van der Waals surface area contributed by atoms with E-state index in [2.05, 4.69) is 15.4 Å². The molecule has 0 aliphatic carbocycles. The molecule has 0 amide bonds. The summed E-state index contributed by atoms with van der Waals surface area (Å²) in [6, 6.07) is 0. The van der Waals surface area contributed by atoms with E-state index in [4.69, 9.17) is 0 Å². The maximum atomic E-state index is 9.55. The number of thiol groups is 1. The Morgan fingerprint density at radius 3 is 2.20 bits per heavy atom. The van der Waals surface area contributed by atoms with Crippen molar-refractivity contribution in [2.45, 2.75) is 0 Å². The van der Waals surface area contributed by atoms with E-state index in [0.717, 1.165) is 0 Å². The van der Waals surface area contributed by atoms with E-state index in [1.807, 2.05) is 0 Å². The Morgan fingerprint density at radius 1 is 2.00 bits per heavy atom. The van der Waals surface area contributed by atoms with Crippen LogP contribution in [0.25, 0.3) is 0 Å². The smallest absolute Gasteiger partial charge is 0.132 e. The summed E-state index contributed by atoms with van der Waals surface area (Å²) in [6.45, 7) is 0. The van der Waals surface area contributed by atoms with Gasteiger partial charge in [-0.3, -0.25) is 4.18 Å². The largest absolute Gasteiger partial charge is 0.295 e. The van der Waals surface area contributed by atoms with Crippen LogP contribution in [0.1, 0.15) is 0 Å². The zero-order valence-corrected chi connectivity index (χ0v) is 4.38. The Labute approximate surface area is 37.0 Å². The molecule has 0 aromatic carbocycles. The quantitative estimate of drug-likeness (QED) is 0.463. The fourth-order valence-corrected chi connectivity index (χ4v) is 0. The highest BCUT2D eigenvalue weighted by molar-refractivity contribution is 8.19. The molecule has 0 aliphatic rings. The molecule has 0 aromatic heterocycles. The Bertz CT molecular complexity index is 65.7. The summed E-state index contributed by atoms with van der Waals surface area (Å²) in [6.07, 6.45) is 0. The zero-order chi connectivity index (χ0) is 4.28. The fraction of sp³-hybridized carbons (Fsp3) is 1.00. The summed E-state index contributed by atoms with van der Waals surface area (Å²) in [5.74, 6) is 0. The molecule has 5 heavy (non-hydrogen) atoms. The van der Waals surface area contributed by atoms with Gasteiger partial charge in [-0.25, -0.2) is 4.21 Å². The first-order valence-electron chi connectivity index (χ1n) is 0.956. The minimum atomic E-state index is -1.76. The second-order valence-corrected chi connectivity index (χ2v) is 2.11. The topological polar surface area (TPSA) is 26.3 Å². The van der Waals surface area contributed by atoms with Gasteiger partial charge in [0, 0.05) is 11.2 Å². The second kappa shape index (κ2) is 2.56. The summed E-state index contributed by atoms with van der Waals surface area (Å²) in [5, 5.41) is 0. The molecule has 32 valence electrons. The van der Waals surface area contributed by atoms with E-state index < -0.39 is 9.64 Å². The zero-order valence-electron chi connectivity index (χ0n) is 2.67. The molecular formula is CH4O2S2. The normalized spacial score (nSPS) is 14.6. The van der Waals surface area contributed by atoms with Gasteiger partial charge < -0.3 is 0 Å². The first kappa shape index (κ1) is 5.33. The lowest BCUT2D eigenvalue weighted by molar-refractivity contribution is 0.460. The van der Waals surface area contributed by atoms with Gasteiger partial charge in [-0.15, -0.1) is 0 Å². The van der Waals surface area contributed by atoms with Crippen LogP contribution in [0.5, 0.6) is 0 Å². The SMILES string of the molecule is CO[SH](=O)=S. The highest BCUT2D eigenvalue weighted by Gasteiger charge is 1.57. The Morgan fingerprint density at radius 2 is 2.20 bits per heavy atom. The highest BCUT2D eigenvalue weighted by Crippen LogP contribution is 1.55. The van der Waals surface area contributed by atoms with Crippen molar-refractivity contribution >= 4 is 20.8 Å². The molecule has 0 heterocycles. The van der Waals surface area contributed by atoms with E-state index in [1.54, 1.807) is 0 Å². The predicted molar refractivity (Wildman–Crippen MR) is 23.9 cm³/mol. The average Bonchev–Trinajstić information content (AvgIpc) is 1.38. The average molecular weight is 112 g/mol. The second-order valence-electron chi connectivity index (χ2n) is 0.406. The van der Waals surface area contributed by atoms with Crippen molar-refractivity contribution in [1.29, 1.82) is 0 Å². The van der Waals surface area contributed by atoms with Gasteiger partial charge in [0.2, 0.25) is 0 Å². The van der Waals surface area contributed by atoms with Crippen LogP contribution in [0.15, 0.2) is 0 Å². The number of hydrogen-bond acceptors (Lipinski definition) is 3. The molecule has 2 nitrogen and oxygen atoms in total. The molecule has 0 saturated heterocycles. The van der Waals surface area contributed by atoms with Crippen LogP contribution >= 0.6 is 0 Å². The van der Waals surface area contributed by atoms with Gasteiger partial charge >= 0.3 is 0 Å². The van der Waals surface area contributed by atoms with Crippen LogP contribution in [0, 0.1) is 0 Å². The van der Waals surface area contributed by atoms with Crippen LogP contribution in [0.3, 0.4) is 0 Å². The van der Waals surface area contributed by atoms with Crippen LogP contribution in [-0.4, -0.2) is 11.3 Å². The molecule has 0 saturated carbocycles. The first-order chi connectivity index (χ1) is 2.27. The maximum absolute atomic E-state index is 9.55. The molecule has 1 unspecified atom stereocenters. The van der Waals surface area contributed by atoms with Gasteiger partial charge in [0.1, 0.15) is 9.64 Å². The molecule has 0 N–H and O–H groups in total. The van der Waals surface area contributed by atoms with Crippen molar-refractivity contribution in [2.24, 2.45) is 0 Å². The van der Waals surface area contributed by atoms with Crippen LogP contribution in [0.2, 0.25) is 0 Å². The standard InChI is InChI=1S/CH4O2S2/c1-3-5(2)4/h5H,1H3. The Hall–Kier alpha value is 0.330. The third-order valence-electron chi connectivity index (χ3n) is 0.149. The number of hydrogen-bond donors (Lipinski definition) is 1.